The van der Waals surface area contributed by atoms with Gasteiger partial charge in [0.1, 0.15) is 11.1 Å². The third-order valence-corrected chi connectivity index (χ3v) is 6.49. The van der Waals surface area contributed by atoms with E-state index in [1.165, 1.54) is 4.70 Å². The third-order valence-electron chi connectivity index (χ3n) is 5.41. The quantitative estimate of drug-likeness (QED) is 0.417. The third kappa shape index (κ3) is 6.29. The molecule has 1 fully saturated rings. The SMILES string of the molecule is CN1CCC(OC(c2cccc(C#CCCCO)c2)c2nc3ccccc3s2)CC1.Cl. The van der Waals surface area contributed by atoms with Gasteiger partial charge in [0.05, 0.1) is 16.3 Å². The zero-order chi connectivity index (χ0) is 20.8. The van der Waals surface area contributed by atoms with Crippen molar-refractivity contribution in [1.82, 2.24) is 9.88 Å². The highest BCUT2D eigenvalue weighted by molar-refractivity contribution is 7.18. The highest BCUT2D eigenvalue weighted by Gasteiger charge is 2.26. The molecule has 4 rings (SSSR count). The highest BCUT2D eigenvalue weighted by atomic mass is 35.5. The van der Waals surface area contributed by atoms with Gasteiger partial charge in [0.25, 0.3) is 0 Å². The second-order valence-corrected chi connectivity index (χ2v) is 8.86. The minimum Gasteiger partial charge on any atom is -0.396 e. The molecule has 1 N–H and O–H groups in total. The van der Waals surface area contributed by atoms with Crippen molar-refractivity contribution in [2.45, 2.75) is 37.9 Å². The average molecular weight is 457 g/mol. The van der Waals surface area contributed by atoms with Crippen molar-refractivity contribution in [1.29, 1.82) is 0 Å². The summed E-state index contributed by atoms with van der Waals surface area (Å²) >= 11 is 1.71. The normalized spacial score (nSPS) is 15.8. The molecule has 6 heteroatoms. The Balaban J connectivity index is 0.00000272. The van der Waals surface area contributed by atoms with Crippen LogP contribution in [-0.4, -0.2) is 47.8 Å². The summed E-state index contributed by atoms with van der Waals surface area (Å²) in [4.78, 5) is 7.26. The lowest BCUT2D eigenvalue weighted by Crippen LogP contribution is -2.35. The van der Waals surface area contributed by atoms with E-state index in [1.807, 2.05) is 18.2 Å². The number of fused-ring (bicyclic) bond motifs is 1. The number of nitrogens with zero attached hydrogens (tertiary/aromatic N) is 2. The number of aliphatic hydroxyl groups is 1. The van der Waals surface area contributed by atoms with Gasteiger partial charge in [-0.2, -0.15) is 0 Å². The first-order chi connectivity index (χ1) is 14.7. The maximum absolute atomic E-state index is 8.95. The van der Waals surface area contributed by atoms with Gasteiger partial charge in [-0.1, -0.05) is 36.1 Å². The highest BCUT2D eigenvalue weighted by Crippen LogP contribution is 2.35. The Hall–Kier alpha value is -1.94. The minimum atomic E-state index is -0.185. The predicted molar refractivity (Wildman–Crippen MR) is 130 cm³/mol. The molecule has 31 heavy (non-hydrogen) atoms. The van der Waals surface area contributed by atoms with Gasteiger partial charge in [0.2, 0.25) is 0 Å². The molecule has 0 saturated carbocycles. The van der Waals surface area contributed by atoms with Crippen LogP contribution in [0.1, 0.15) is 47.9 Å². The molecular formula is C25H29ClN2O2S. The molecule has 1 aliphatic rings. The van der Waals surface area contributed by atoms with Crippen LogP contribution < -0.4 is 0 Å². The summed E-state index contributed by atoms with van der Waals surface area (Å²) < 4.78 is 7.86. The molecule has 2 heterocycles. The standard InChI is InChI=1S/C25H28N2O2S.ClH/c1-27-15-13-21(14-16-27)29-24(25-26-22-11-4-5-12-23(22)30-25)20-10-7-9-19(18-20)8-3-2-6-17-28;/h4-5,7,9-12,18,21,24,28H,2,6,13-17H2,1H3;1H. The summed E-state index contributed by atoms with van der Waals surface area (Å²) in [7, 11) is 2.17. The molecule has 1 aromatic heterocycles. The first kappa shape index (κ1) is 23.7. The van der Waals surface area contributed by atoms with E-state index in [2.05, 4.69) is 54.1 Å². The number of ether oxygens (including phenoxy) is 1. The van der Waals surface area contributed by atoms with Crippen LogP contribution in [0.2, 0.25) is 0 Å². The lowest BCUT2D eigenvalue weighted by atomic mass is 10.0. The molecule has 0 bridgehead atoms. The van der Waals surface area contributed by atoms with E-state index in [0.717, 1.165) is 47.6 Å². The van der Waals surface area contributed by atoms with Gasteiger partial charge < -0.3 is 14.7 Å². The second kappa shape index (κ2) is 11.6. The largest absolute Gasteiger partial charge is 0.396 e. The number of thiazole rings is 1. The second-order valence-electron chi connectivity index (χ2n) is 7.79. The first-order valence-electron chi connectivity index (χ1n) is 10.6. The number of aromatic nitrogens is 1. The van der Waals surface area contributed by atoms with Gasteiger partial charge in [-0.05, 0) is 56.1 Å². The Morgan fingerprint density at radius 1 is 1.19 bits per heavy atom. The van der Waals surface area contributed by atoms with Crippen LogP contribution >= 0.6 is 23.7 Å². The number of hydrogen-bond donors (Lipinski definition) is 1. The summed E-state index contributed by atoms with van der Waals surface area (Å²) in [5.74, 6) is 6.37. The zero-order valence-corrected chi connectivity index (χ0v) is 19.4. The molecule has 0 aliphatic carbocycles. The Labute approximate surface area is 194 Å². The van der Waals surface area contributed by atoms with Crippen LogP contribution in [0.15, 0.2) is 48.5 Å². The van der Waals surface area contributed by atoms with E-state index >= 15 is 0 Å². The summed E-state index contributed by atoms with van der Waals surface area (Å²) in [5.41, 5.74) is 3.10. The lowest BCUT2D eigenvalue weighted by molar-refractivity contribution is -0.0234. The molecule has 4 nitrogen and oxygen atoms in total. The Bertz CT molecular complexity index is 1000. The van der Waals surface area contributed by atoms with E-state index in [-0.39, 0.29) is 31.2 Å². The van der Waals surface area contributed by atoms with E-state index in [1.54, 1.807) is 11.3 Å². The molecule has 1 aliphatic heterocycles. The number of hydrogen-bond acceptors (Lipinski definition) is 5. The molecule has 0 radical (unpaired) electrons. The van der Waals surface area contributed by atoms with Crippen molar-refractivity contribution in [3.63, 3.8) is 0 Å². The molecule has 1 saturated heterocycles. The van der Waals surface area contributed by atoms with Gasteiger partial charge in [0.15, 0.2) is 0 Å². The Kier molecular flexibility index (Phi) is 8.89. The van der Waals surface area contributed by atoms with Crippen LogP contribution in [0.3, 0.4) is 0 Å². The van der Waals surface area contributed by atoms with E-state index in [0.29, 0.717) is 12.8 Å². The molecule has 1 unspecified atom stereocenters. The molecular weight excluding hydrogens is 428 g/mol. The topological polar surface area (TPSA) is 45.6 Å². The van der Waals surface area contributed by atoms with Crippen molar-refractivity contribution < 1.29 is 9.84 Å². The number of benzene rings is 2. The molecule has 0 amide bonds. The molecule has 3 aromatic rings. The fraction of sp³-hybridized carbons (Fsp3) is 0.400. The first-order valence-corrected chi connectivity index (χ1v) is 11.4. The fourth-order valence-electron chi connectivity index (χ4n) is 3.71. The number of piperidine rings is 1. The van der Waals surface area contributed by atoms with Gasteiger partial charge in [-0.15, -0.1) is 23.7 Å². The molecule has 0 spiro atoms. The summed E-state index contributed by atoms with van der Waals surface area (Å²) in [6.07, 6.45) is 3.54. The van der Waals surface area contributed by atoms with Crippen molar-refractivity contribution in [3.05, 3.63) is 64.7 Å². The van der Waals surface area contributed by atoms with Crippen molar-refractivity contribution in [3.8, 4) is 11.8 Å². The number of aliphatic hydroxyl groups excluding tert-OH is 1. The summed E-state index contributed by atoms with van der Waals surface area (Å²) in [5, 5.41) is 9.95. The van der Waals surface area contributed by atoms with Crippen molar-refractivity contribution >= 4 is 34.0 Å². The minimum absolute atomic E-state index is 0. The lowest BCUT2D eigenvalue weighted by Gasteiger charge is -2.31. The van der Waals surface area contributed by atoms with E-state index in [4.69, 9.17) is 14.8 Å². The Morgan fingerprint density at radius 3 is 2.77 bits per heavy atom. The average Bonchev–Trinajstić information content (AvgIpc) is 3.20. The summed E-state index contributed by atoms with van der Waals surface area (Å²) in [6, 6.07) is 16.6. The molecule has 2 aromatic carbocycles. The number of unbranched alkanes of at least 4 members (excludes halogenated alkanes) is 1. The van der Waals surface area contributed by atoms with Crippen LogP contribution in [0, 0.1) is 11.8 Å². The number of rotatable bonds is 6. The van der Waals surface area contributed by atoms with Gasteiger partial charge >= 0.3 is 0 Å². The van der Waals surface area contributed by atoms with Crippen LogP contribution in [0.25, 0.3) is 10.2 Å². The van der Waals surface area contributed by atoms with Crippen molar-refractivity contribution in [2.24, 2.45) is 0 Å². The molecule has 164 valence electrons. The monoisotopic (exact) mass is 456 g/mol. The maximum atomic E-state index is 8.95. The zero-order valence-electron chi connectivity index (χ0n) is 17.8. The van der Waals surface area contributed by atoms with Crippen LogP contribution in [-0.2, 0) is 4.74 Å². The number of para-hydroxylation sites is 1. The fourth-order valence-corrected chi connectivity index (χ4v) is 4.74. The van der Waals surface area contributed by atoms with Crippen LogP contribution in [0.5, 0.6) is 0 Å². The van der Waals surface area contributed by atoms with Gasteiger partial charge in [-0.3, -0.25) is 0 Å². The number of likely N-dealkylation sites (tertiary alicyclic amines) is 1. The van der Waals surface area contributed by atoms with Gasteiger partial charge in [0, 0.05) is 31.7 Å². The van der Waals surface area contributed by atoms with Crippen molar-refractivity contribution in [2.75, 3.05) is 26.7 Å². The van der Waals surface area contributed by atoms with E-state index < -0.39 is 0 Å². The smallest absolute Gasteiger partial charge is 0.134 e. The van der Waals surface area contributed by atoms with E-state index in [9.17, 15) is 0 Å². The summed E-state index contributed by atoms with van der Waals surface area (Å²) in [6.45, 7) is 2.31. The van der Waals surface area contributed by atoms with Gasteiger partial charge in [-0.25, -0.2) is 4.98 Å². The Morgan fingerprint density at radius 2 is 2.00 bits per heavy atom. The molecule has 1 atom stereocenters. The van der Waals surface area contributed by atoms with Crippen LogP contribution in [0.4, 0.5) is 0 Å². The number of halogens is 1. The predicted octanol–water partition coefficient (Wildman–Crippen LogP) is 5.04. The maximum Gasteiger partial charge on any atom is 0.134 e.